The van der Waals surface area contributed by atoms with Gasteiger partial charge < -0.3 is 19.0 Å². The van der Waals surface area contributed by atoms with Gasteiger partial charge in [-0.15, -0.1) is 0 Å². The largest absolute Gasteiger partial charge is 0.494 e. The molecule has 0 unspecified atom stereocenters. The molecule has 1 amide bonds. The maximum absolute atomic E-state index is 13.6. The van der Waals surface area contributed by atoms with Gasteiger partial charge in [-0.3, -0.25) is 4.79 Å². The highest BCUT2D eigenvalue weighted by atomic mass is 19.1. The molecule has 0 saturated heterocycles. The Morgan fingerprint density at radius 2 is 1.81 bits per heavy atom. The number of aromatic nitrogens is 2. The first-order valence-corrected chi connectivity index (χ1v) is 12.6. The molecule has 36 heavy (non-hydrogen) atoms. The average molecular weight is 488 g/mol. The molecule has 0 atom stereocenters. The molecule has 0 aliphatic heterocycles. The van der Waals surface area contributed by atoms with Crippen molar-refractivity contribution in [3.63, 3.8) is 0 Å². The van der Waals surface area contributed by atoms with Gasteiger partial charge in [0.2, 0.25) is 0 Å². The van der Waals surface area contributed by atoms with Crippen molar-refractivity contribution in [2.45, 2.75) is 51.6 Å². The molecule has 0 bridgehead atoms. The predicted octanol–water partition coefficient (Wildman–Crippen LogP) is 6.78. The first kappa shape index (κ1) is 23.9. The van der Waals surface area contributed by atoms with E-state index in [1.165, 1.54) is 31.4 Å². The molecule has 1 aliphatic rings. The molecule has 1 saturated carbocycles. The normalized spacial score (nSPS) is 14.1. The van der Waals surface area contributed by atoms with Crippen LogP contribution in [0.1, 0.15) is 61.2 Å². The SMILES string of the molecule is CCOc1ccc(CNC(=O)c2ccc(-c3c(-c4ccc(F)cc4)ncn3C3CCCCC3)o2)cc1. The lowest BCUT2D eigenvalue weighted by Gasteiger charge is -2.24. The lowest BCUT2D eigenvalue weighted by atomic mass is 9.95. The minimum absolute atomic E-state index is 0.234. The number of hydrogen-bond donors (Lipinski definition) is 1. The van der Waals surface area contributed by atoms with Gasteiger partial charge in [0, 0.05) is 18.2 Å². The van der Waals surface area contributed by atoms with Crippen molar-refractivity contribution in [3.05, 3.63) is 84.1 Å². The highest BCUT2D eigenvalue weighted by Gasteiger charge is 2.25. The number of benzene rings is 2. The average Bonchev–Trinajstić information content (AvgIpc) is 3.57. The van der Waals surface area contributed by atoms with E-state index in [1.807, 2.05) is 43.6 Å². The van der Waals surface area contributed by atoms with E-state index in [0.717, 1.165) is 41.1 Å². The van der Waals surface area contributed by atoms with E-state index in [9.17, 15) is 9.18 Å². The standard InChI is InChI=1S/C29H30FN3O3/c1-2-35-24-14-8-20(9-15-24)18-31-29(34)26-17-16-25(36-26)28-27(21-10-12-22(30)13-11-21)32-19-33(28)23-6-4-3-5-7-23/h8-17,19,23H,2-7,18H2,1H3,(H,31,34). The maximum atomic E-state index is 13.6. The minimum atomic E-state index is -0.295. The molecule has 2 aromatic heterocycles. The number of rotatable bonds is 8. The zero-order valence-corrected chi connectivity index (χ0v) is 20.4. The first-order valence-electron chi connectivity index (χ1n) is 12.6. The number of halogens is 1. The van der Waals surface area contributed by atoms with Gasteiger partial charge >= 0.3 is 0 Å². The van der Waals surface area contributed by atoms with Crippen LogP contribution in [0.2, 0.25) is 0 Å². The number of imidazole rings is 1. The lowest BCUT2D eigenvalue weighted by molar-refractivity contribution is 0.0924. The summed E-state index contributed by atoms with van der Waals surface area (Å²) in [5, 5.41) is 2.92. The molecule has 5 rings (SSSR count). The quantitative estimate of drug-likeness (QED) is 0.297. The monoisotopic (exact) mass is 487 g/mol. The van der Waals surface area contributed by atoms with Crippen molar-refractivity contribution in [1.29, 1.82) is 0 Å². The van der Waals surface area contributed by atoms with Gasteiger partial charge in [-0.05, 0) is 73.9 Å². The van der Waals surface area contributed by atoms with Gasteiger partial charge in [0.1, 0.15) is 17.3 Å². The lowest BCUT2D eigenvalue weighted by Crippen LogP contribution is -2.22. The first-order chi connectivity index (χ1) is 17.6. The molecule has 2 heterocycles. The van der Waals surface area contributed by atoms with Crippen molar-refractivity contribution in [3.8, 4) is 28.5 Å². The maximum Gasteiger partial charge on any atom is 0.287 e. The van der Waals surface area contributed by atoms with E-state index in [4.69, 9.17) is 9.15 Å². The second kappa shape index (κ2) is 10.8. The Hall–Kier alpha value is -3.87. The van der Waals surface area contributed by atoms with Crippen molar-refractivity contribution in [1.82, 2.24) is 14.9 Å². The van der Waals surface area contributed by atoms with E-state index in [0.29, 0.717) is 25.0 Å². The molecular weight excluding hydrogens is 457 g/mol. The van der Waals surface area contributed by atoms with E-state index < -0.39 is 0 Å². The van der Waals surface area contributed by atoms with Crippen LogP contribution in [-0.4, -0.2) is 22.1 Å². The van der Waals surface area contributed by atoms with Crippen molar-refractivity contribution < 1.29 is 18.3 Å². The van der Waals surface area contributed by atoms with Crippen LogP contribution in [-0.2, 0) is 6.54 Å². The number of amides is 1. The fourth-order valence-electron chi connectivity index (χ4n) is 4.79. The van der Waals surface area contributed by atoms with Crippen LogP contribution in [0, 0.1) is 5.82 Å². The minimum Gasteiger partial charge on any atom is -0.494 e. The molecule has 0 spiro atoms. The third kappa shape index (κ3) is 5.20. The number of nitrogens with zero attached hydrogens (tertiary/aromatic N) is 2. The van der Waals surface area contributed by atoms with Crippen LogP contribution in [0.15, 0.2) is 71.4 Å². The smallest absolute Gasteiger partial charge is 0.287 e. The number of hydrogen-bond acceptors (Lipinski definition) is 4. The molecular formula is C29H30FN3O3. The molecule has 1 N–H and O–H groups in total. The fourth-order valence-corrected chi connectivity index (χ4v) is 4.79. The third-order valence-corrected chi connectivity index (χ3v) is 6.63. The van der Waals surface area contributed by atoms with Gasteiger partial charge in [-0.1, -0.05) is 31.4 Å². The second-order valence-corrected chi connectivity index (χ2v) is 9.07. The summed E-state index contributed by atoms with van der Waals surface area (Å²) in [6, 6.07) is 17.8. The third-order valence-electron chi connectivity index (χ3n) is 6.63. The molecule has 186 valence electrons. The van der Waals surface area contributed by atoms with Crippen molar-refractivity contribution in [2.24, 2.45) is 0 Å². The molecule has 6 nitrogen and oxygen atoms in total. The summed E-state index contributed by atoms with van der Waals surface area (Å²) >= 11 is 0. The Kier molecular flexibility index (Phi) is 7.16. The van der Waals surface area contributed by atoms with Gasteiger partial charge in [-0.25, -0.2) is 9.37 Å². The van der Waals surface area contributed by atoms with Crippen LogP contribution in [0.5, 0.6) is 5.75 Å². The Morgan fingerprint density at radius 1 is 1.06 bits per heavy atom. The van der Waals surface area contributed by atoms with Crippen LogP contribution < -0.4 is 10.1 Å². The van der Waals surface area contributed by atoms with Crippen LogP contribution in [0.25, 0.3) is 22.7 Å². The number of ether oxygens (including phenoxy) is 1. The molecule has 0 radical (unpaired) electrons. The van der Waals surface area contributed by atoms with E-state index in [1.54, 1.807) is 18.2 Å². The highest BCUT2D eigenvalue weighted by molar-refractivity contribution is 5.92. The number of carbonyl (C=O) groups excluding carboxylic acids is 1. The number of furan rings is 1. The summed E-state index contributed by atoms with van der Waals surface area (Å²) < 4.78 is 27.3. The van der Waals surface area contributed by atoms with Crippen LogP contribution in [0.4, 0.5) is 4.39 Å². The van der Waals surface area contributed by atoms with E-state index >= 15 is 0 Å². The van der Waals surface area contributed by atoms with E-state index in [-0.39, 0.29) is 17.5 Å². The van der Waals surface area contributed by atoms with Crippen LogP contribution >= 0.6 is 0 Å². The topological polar surface area (TPSA) is 69.3 Å². The summed E-state index contributed by atoms with van der Waals surface area (Å²) in [7, 11) is 0. The summed E-state index contributed by atoms with van der Waals surface area (Å²) in [6.45, 7) is 2.93. The predicted molar refractivity (Wildman–Crippen MR) is 136 cm³/mol. The summed E-state index contributed by atoms with van der Waals surface area (Å²) in [5.41, 5.74) is 3.31. The Balaban J connectivity index is 1.39. The van der Waals surface area contributed by atoms with Gasteiger partial charge in [-0.2, -0.15) is 0 Å². The van der Waals surface area contributed by atoms with Gasteiger partial charge in [0.25, 0.3) is 5.91 Å². The fraction of sp³-hybridized carbons (Fsp3) is 0.310. The summed E-state index contributed by atoms with van der Waals surface area (Å²) in [6.07, 6.45) is 7.57. The zero-order chi connectivity index (χ0) is 24.9. The molecule has 1 aliphatic carbocycles. The Bertz CT molecular complexity index is 1300. The highest BCUT2D eigenvalue weighted by Crippen LogP contribution is 2.38. The van der Waals surface area contributed by atoms with E-state index in [2.05, 4.69) is 14.9 Å². The Morgan fingerprint density at radius 3 is 2.53 bits per heavy atom. The molecule has 7 heteroatoms. The molecule has 1 fully saturated rings. The van der Waals surface area contributed by atoms with Crippen molar-refractivity contribution in [2.75, 3.05) is 6.61 Å². The van der Waals surface area contributed by atoms with Crippen molar-refractivity contribution >= 4 is 5.91 Å². The molecule has 2 aromatic carbocycles. The molecule has 4 aromatic rings. The van der Waals surface area contributed by atoms with Gasteiger partial charge in [0.05, 0.1) is 18.6 Å². The second-order valence-electron chi connectivity index (χ2n) is 9.07. The van der Waals surface area contributed by atoms with Crippen LogP contribution in [0.3, 0.4) is 0 Å². The summed E-state index contributed by atoms with van der Waals surface area (Å²) in [5.74, 6) is 1.02. The number of carbonyl (C=O) groups is 1. The Labute approximate surface area is 210 Å². The summed E-state index contributed by atoms with van der Waals surface area (Å²) in [4.78, 5) is 17.5. The number of nitrogens with one attached hydrogen (secondary N) is 1. The van der Waals surface area contributed by atoms with Gasteiger partial charge in [0.15, 0.2) is 11.5 Å². The zero-order valence-electron chi connectivity index (χ0n) is 20.4.